The molecule has 1 unspecified atom stereocenters. The van der Waals surface area contributed by atoms with E-state index in [2.05, 4.69) is 34.1 Å². The topological polar surface area (TPSA) is 38.9 Å². The van der Waals surface area contributed by atoms with Gasteiger partial charge in [0.05, 0.1) is 10.7 Å². The van der Waals surface area contributed by atoms with Gasteiger partial charge in [-0.1, -0.05) is 28.1 Å². The Bertz CT molecular complexity index is 565. The van der Waals surface area contributed by atoms with Gasteiger partial charge in [0, 0.05) is 21.8 Å². The SMILES string of the molecule is NC1CCCc2sc(Cc3cccc(Br)c3)nc21. The second kappa shape index (κ2) is 5.11. The van der Waals surface area contributed by atoms with Crippen molar-refractivity contribution >= 4 is 27.3 Å². The van der Waals surface area contributed by atoms with Gasteiger partial charge in [-0.2, -0.15) is 0 Å². The maximum atomic E-state index is 6.11. The van der Waals surface area contributed by atoms with Gasteiger partial charge in [-0.05, 0) is 37.0 Å². The molecule has 0 radical (unpaired) electrons. The van der Waals surface area contributed by atoms with Crippen molar-refractivity contribution in [2.45, 2.75) is 31.7 Å². The molecule has 1 aliphatic carbocycles. The Morgan fingerprint density at radius 3 is 3.11 bits per heavy atom. The van der Waals surface area contributed by atoms with Crippen LogP contribution in [0.4, 0.5) is 0 Å². The van der Waals surface area contributed by atoms with Crippen molar-refractivity contribution in [1.29, 1.82) is 0 Å². The number of hydrogen-bond acceptors (Lipinski definition) is 3. The van der Waals surface area contributed by atoms with Crippen LogP contribution in [0.2, 0.25) is 0 Å². The third-order valence-corrected chi connectivity index (χ3v) is 4.91. The first-order valence-electron chi connectivity index (χ1n) is 6.21. The van der Waals surface area contributed by atoms with Crippen molar-refractivity contribution < 1.29 is 0 Å². The average Bonchev–Trinajstić information content (AvgIpc) is 2.73. The van der Waals surface area contributed by atoms with Crippen molar-refractivity contribution in [1.82, 2.24) is 4.98 Å². The van der Waals surface area contributed by atoms with Crippen molar-refractivity contribution in [2.24, 2.45) is 5.73 Å². The summed E-state index contributed by atoms with van der Waals surface area (Å²) in [4.78, 5) is 6.14. The molecule has 1 aromatic carbocycles. The van der Waals surface area contributed by atoms with Crippen LogP contribution in [0, 0.1) is 0 Å². The monoisotopic (exact) mass is 322 g/mol. The first kappa shape index (κ1) is 12.3. The molecule has 4 heteroatoms. The molecule has 1 atom stereocenters. The van der Waals surface area contributed by atoms with Crippen molar-refractivity contribution in [2.75, 3.05) is 0 Å². The Labute approximate surface area is 119 Å². The van der Waals surface area contributed by atoms with E-state index in [1.54, 1.807) is 0 Å². The van der Waals surface area contributed by atoms with E-state index in [0.29, 0.717) is 0 Å². The van der Waals surface area contributed by atoms with Crippen LogP contribution in [-0.4, -0.2) is 4.98 Å². The largest absolute Gasteiger partial charge is 0.323 e. The second-order valence-electron chi connectivity index (χ2n) is 4.72. The van der Waals surface area contributed by atoms with Gasteiger partial charge >= 0.3 is 0 Å². The zero-order valence-corrected chi connectivity index (χ0v) is 12.4. The molecule has 0 spiro atoms. The molecule has 2 N–H and O–H groups in total. The molecule has 94 valence electrons. The molecule has 0 bridgehead atoms. The molecule has 0 amide bonds. The number of aromatic nitrogens is 1. The maximum Gasteiger partial charge on any atom is 0.0975 e. The minimum Gasteiger partial charge on any atom is -0.323 e. The van der Waals surface area contributed by atoms with E-state index < -0.39 is 0 Å². The minimum absolute atomic E-state index is 0.154. The van der Waals surface area contributed by atoms with E-state index in [1.165, 1.54) is 21.9 Å². The Morgan fingerprint density at radius 1 is 1.44 bits per heavy atom. The van der Waals surface area contributed by atoms with Gasteiger partial charge in [0.15, 0.2) is 0 Å². The van der Waals surface area contributed by atoms with Crippen LogP contribution in [0.15, 0.2) is 28.7 Å². The second-order valence-corrected chi connectivity index (χ2v) is 6.81. The lowest BCUT2D eigenvalue weighted by Gasteiger charge is -2.15. The fourth-order valence-corrected chi connectivity index (χ4v) is 4.06. The standard InChI is InChI=1S/C14H15BrN2S/c15-10-4-1-3-9(7-10)8-13-17-14-11(16)5-2-6-12(14)18-13/h1,3-4,7,11H,2,5-6,8,16H2. The van der Waals surface area contributed by atoms with E-state index >= 15 is 0 Å². The normalized spacial score (nSPS) is 18.7. The summed E-state index contributed by atoms with van der Waals surface area (Å²) in [6, 6.07) is 8.57. The Kier molecular flexibility index (Phi) is 3.50. The summed E-state index contributed by atoms with van der Waals surface area (Å²) < 4.78 is 1.12. The van der Waals surface area contributed by atoms with Gasteiger partial charge in [0.25, 0.3) is 0 Å². The molecule has 0 aliphatic heterocycles. The zero-order chi connectivity index (χ0) is 12.5. The number of halogens is 1. The molecule has 0 fully saturated rings. The number of benzene rings is 1. The lowest BCUT2D eigenvalue weighted by molar-refractivity contribution is 0.562. The van der Waals surface area contributed by atoms with Crippen LogP contribution in [0.3, 0.4) is 0 Å². The van der Waals surface area contributed by atoms with Crippen molar-refractivity contribution in [3.05, 3.63) is 49.9 Å². The highest BCUT2D eigenvalue weighted by atomic mass is 79.9. The number of aryl methyl sites for hydroxylation is 1. The van der Waals surface area contributed by atoms with Crippen LogP contribution < -0.4 is 5.73 Å². The Balaban J connectivity index is 1.85. The highest BCUT2D eigenvalue weighted by Gasteiger charge is 2.21. The summed E-state index contributed by atoms with van der Waals surface area (Å²) in [5, 5.41) is 1.19. The van der Waals surface area contributed by atoms with Crippen LogP contribution in [0.5, 0.6) is 0 Å². The van der Waals surface area contributed by atoms with Gasteiger partial charge in [0.1, 0.15) is 0 Å². The number of fused-ring (bicyclic) bond motifs is 1. The molecular formula is C14H15BrN2S. The quantitative estimate of drug-likeness (QED) is 0.912. The van der Waals surface area contributed by atoms with Gasteiger partial charge in [-0.15, -0.1) is 11.3 Å². The highest BCUT2D eigenvalue weighted by molar-refractivity contribution is 9.10. The van der Waals surface area contributed by atoms with Gasteiger partial charge in [-0.25, -0.2) is 4.98 Å². The van der Waals surface area contributed by atoms with E-state index in [0.717, 1.165) is 29.4 Å². The van der Waals surface area contributed by atoms with Crippen molar-refractivity contribution in [3.63, 3.8) is 0 Å². The first-order valence-corrected chi connectivity index (χ1v) is 7.82. The maximum absolute atomic E-state index is 6.11. The Morgan fingerprint density at radius 2 is 2.33 bits per heavy atom. The molecule has 0 saturated carbocycles. The predicted molar refractivity (Wildman–Crippen MR) is 78.9 cm³/mol. The van der Waals surface area contributed by atoms with Crippen LogP contribution in [0.25, 0.3) is 0 Å². The summed E-state index contributed by atoms with van der Waals surface area (Å²) in [6.07, 6.45) is 4.34. The molecule has 2 nitrogen and oxygen atoms in total. The lowest BCUT2D eigenvalue weighted by atomic mass is 9.99. The Hall–Kier alpha value is -0.710. The third kappa shape index (κ3) is 2.51. The van der Waals surface area contributed by atoms with Gasteiger partial charge in [0.2, 0.25) is 0 Å². The fourth-order valence-electron chi connectivity index (χ4n) is 2.40. The number of hydrogen-bond donors (Lipinski definition) is 1. The zero-order valence-electron chi connectivity index (χ0n) is 10.0. The number of rotatable bonds is 2. The number of nitrogens with two attached hydrogens (primary N) is 1. The molecule has 1 heterocycles. The van der Waals surface area contributed by atoms with Gasteiger partial charge in [-0.3, -0.25) is 0 Å². The number of nitrogens with zero attached hydrogens (tertiary/aromatic N) is 1. The first-order chi connectivity index (χ1) is 8.72. The highest BCUT2D eigenvalue weighted by Crippen LogP contribution is 2.32. The van der Waals surface area contributed by atoms with E-state index in [4.69, 9.17) is 10.7 Å². The minimum atomic E-state index is 0.154. The van der Waals surface area contributed by atoms with Gasteiger partial charge < -0.3 is 5.73 Å². The van der Waals surface area contributed by atoms with Crippen LogP contribution in [-0.2, 0) is 12.8 Å². The van der Waals surface area contributed by atoms with Crippen molar-refractivity contribution in [3.8, 4) is 0 Å². The molecule has 0 saturated heterocycles. The molecular weight excluding hydrogens is 308 g/mol. The lowest BCUT2D eigenvalue weighted by Crippen LogP contribution is -2.16. The molecule has 3 rings (SSSR count). The molecule has 1 aromatic heterocycles. The predicted octanol–water partition coefficient (Wildman–Crippen LogP) is 3.83. The molecule has 2 aromatic rings. The van der Waals surface area contributed by atoms with E-state index in [-0.39, 0.29) is 6.04 Å². The third-order valence-electron chi connectivity index (χ3n) is 3.29. The average molecular weight is 323 g/mol. The van der Waals surface area contributed by atoms with E-state index in [9.17, 15) is 0 Å². The molecule has 1 aliphatic rings. The summed E-state index contributed by atoms with van der Waals surface area (Å²) in [5.41, 5.74) is 8.56. The summed E-state index contributed by atoms with van der Waals surface area (Å²) in [7, 11) is 0. The van der Waals surface area contributed by atoms with Crippen LogP contribution >= 0.6 is 27.3 Å². The molecule has 18 heavy (non-hydrogen) atoms. The van der Waals surface area contributed by atoms with Crippen LogP contribution in [0.1, 0.15) is 40.0 Å². The fraction of sp³-hybridized carbons (Fsp3) is 0.357. The number of thiazole rings is 1. The van der Waals surface area contributed by atoms with E-state index in [1.807, 2.05) is 17.4 Å². The summed E-state index contributed by atoms with van der Waals surface area (Å²) >= 11 is 5.34. The smallest absolute Gasteiger partial charge is 0.0975 e. The summed E-state index contributed by atoms with van der Waals surface area (Å²) in [6.45, 7) is 0. The summed E-state index contributed by atoms with van der Waals surface area (Å²) in [5.74, 6) is 0.